The van der Waals surface area contributed by atoms with Gasteiger partial charge in [-0.3, -0.25) is 4.79 Å². The van der Waals surface area contributed by atoms with Crippen LogP contribution >= 0.6 is 23.3 Å². The average molecular weight is 302 g/mol. The van der Waals surface area contributed by atoms with Crippen molar-refractivity contribution < 1.29 is 19.4 Å². The van der Waals surface area contributed by atoms with Gasteiger partial charge in [-0.2, -0.15) is 8.75 Å². The quantitative estimate of drug-likeness (QED) is 0.865. The lowest BCUT2D eigenvalue weighted by atomic mass is 10.2. The van der Waals surface area contributed by atoms with Crippen molar-refractivity contribution in [3.8, 4) is 0 Å². The highest BCUT2D eigenvalue weighted by Crippen LogP contribution is 2.29. The number of anilines is 1. The monoisotopic (exact) mass is 301 g/mol. The van der Waals surface area contributed by atoms with Gasteiger partial charge in [0.15, 0.2) is 0 Å². The molecule has 0 aliphatic rings. The number of ether oxygens (including phenoxy) is 1. The first-order valence-corrected chi connectivity index (χ1v) is 6.19. The van der Waals surface area contributed by atoms with Crippen LogP contribution in [-0.2, 0) is 14.3 Å². The van der Waals surface area contributed by atoms with E-state index in [0.29, 0.717) is 21.7 Å². The molecular formula is C10H8ClN3O4S. The number of hydrogen-bond acceptors (Lipinski definition) is 6. The Morgan fingerprint density at radius 2 is 2.16 bits per heavy atom. The number of rotatable bonds is 5. The molecule has 0 bridgehead atoms. The molecule has 0 unspecified atom stereocenters. The molecule has 1 aromatic carbocycles. The van der Waals surface area contributed by atoms with Crippen LogP contribution in [0.3, 0.4) is 0 Å². The minimum Gasteiger partial charge on any atom is -0.480 e. The van der Waals surface area contributed by atoms with E-state index in [-0.39, 0.29) is 6.61 Å². The maximum Gasteiger partial charge on any atom is 0.329 e. The van der Waals surface area contributed by atoms with Crippen LogP contribution in [0, 0.1) is 0 Å². The molecule has 7 nitrogen and oxygen atoms in total. The van der Waals surface area contributed by atoms with Crippen molar-refractivity contribution in [3.63, 3.8) is 0 Å². The van der Waals surface area contributed by atoms with Crippen LogP contribution in [0.1, 0.15) is 0 Å². The molecule has 0 aliphatic heterocycles. The van der Waals surface area contributed by atoms with Crippen molar-refractivity contribution in [3.05, 3.63) is 17.2 Å². The Kier molecular flexibility index (Phi) is 4.25. The summed E-state index contributed by atoms with van der Waals surface area (Å²) in [6.07, 6.45) is 0. The fraction of sp³-hybridized carbons (Fsp3) is 0.200. The van der Waals surface area contributed by atoms with E-state index in [2.05, 4.69) is 18.8 Å². The Morgan fingerprint density at radius 3 is 2.89 bits per heavy atom. The van der Waals surface area contributed by atoms with E-state index in [1.165, 1.54) is 0 Å². The van der Waals surface area contributed by atoms with Crippen LogP contribution in [0.15, 0.2) is 12.1 Å². The van der Waals surface area contributed by atoms with Gasteiger partial charge in [-0.15, -0.1) is 0 Å². The first-order valence-electron chi connectivity index (χ1n) is 5.08. The molecule has 0 spiro atoms. The Labute approximate surface area is 116 Å². The second-order valence-corrected chi connectivity index (χ2v) is 4.42. The molecule has 1 heterocycles. The van der Waals surface area contributed by atoms with Crippen molar-refractivity contribution in [2.45, 2.75) is 0 Å². The zero-order chi connectivity index (χ0) is 13.8. The number of benzene rings is 1. The van der Waals surface area contributed by atoms with E-state index in [9.17, 15) is 9.59 Å². The molecule has 0 saturated carbocycles. The van der Waals surface area contributed by atoms with E-state index < -0.39 is 18.5 Å². The van der Waals surface area contributed by atoms with Crippen LogP contribution in [0.4, 0.5) is 5.69 Å². The van der Waals surface area contributed by atoms with Crippen LogP contribution in [0.5, 0.6) is 0 Å². The third kappa shape index (κ3) is 3.37. The average Bonchev–Trinajstić information content (AvgIpc) is 2.81. The van der Waals surface area contributed by atoms with Gasteiger partial charge in [-0.25, -0.2) is 4.79 Å². The molecule has 1 amide bonds. The second kappa shape index (κ2) is 5.91. The van der Waals surface area contributed by atoms with Gasteiger partial charge in [0.05, 0.1) is 22.4 Å². The SMILES string of the molecule is O=C(O)COCC(=O)Nc1c(Cl)ccc2nsnc12. The van der Waals surface area contributed by atoms with Gasteiger partial charge in [0, 0.05) is 0 Å². The highest BCUT2D eigenvalue weighted by atomic mass is 35.5. The lowest BCUT2D eigenvalue weighted by Gasteiger charge is -2.07. The molecule has 0 fully saturated rings. The lowest BCUT2D eigenvalue weighted by Crippen LogP contribution is -2.21. The highest BCUT2D eigenvalue weighted by Gasteiger charge is 2.13. The molecule has 2 rings (SSSR count). The molecule has 1 aromatic heterocycles. The molecule has 0 radical (unpaired) electrons. The number of amides is 1. The molecule has 9 heteroatoms. The summed E-state index contributed by atoms with van der Waals surface area (Å²) in [4.78, 5) is 21.8. The van der Waals surface area contributed by atoms with Crippen LogP contribution < -0.4 is 5.32 Å². The Morgan fingerprint density at radius 1 is 1.37 bits per heavy atom. The third-order valence-electron chi connectivity index (χ3n) is 2.10. The summed E-state index contributed by atoms with van der Waals surface area (Å²) in [7, 11) is 0. The maximum atomic E-state index is 11.6. The predicted octanol–water partition coefficient (Wildman–Crippen LogP) is 1.38. The third-order valence-corrected chi connectivity index (χ3v) is 2.96. The normalized spacial score (nSPS) is 10.6. The van der Waals surface area contributed by atoms with E-state index in [1.54, 1.807) is 12.1 Å². The number of carboxylic acids is 1. The number of carbonyl (C=O) groups excluding carboxylic acids is 1. The largest absolute Gasteiger partial charge is 0.480 e. The summed E-state index contributed by atoms with van der Waals surface area (Å²) in [6.45, 7) is -0.916. The summed E-state index contributed by atoms with van der Waals surface area (Å²) in [6, 6.07) is 3.29. The van der Waals surface area contributed by atoms with Crippen LogP contribution in [0.25, 0.3) is 11.0 Å². The summed E-state index contributed by atoms with van der Waals surface area (Å²) >= 11 is 6.98. The van der Waals surface area contributed by atoms with Gasteiger partial charge in [0.1, 0.15) is 24.2 Å². The molecule has 0 atom stereocenters. The summed E-state index contributed by atoms with van der Waals surface area (Å²) < 4.78 is 12.7. The van der Waals surface area contributed by atoms with Gasteiger partial charge in [-0.1, -0.05) is 11.6 Å². The van der Waals surface area contributed by atoms with Gasteiger partial charge in [0.25, 0.3) is 0 Å². The van der Waals surface area contributed by atoms with Gasteiger partial charge < -0.3 is 15.2 Å². The van der Waals surface area contributed by atoms with E-state index in [0.717, 1.165) is 11.7 Å². The van der Waals surface area contributed by atoms with E-state index in [4.69, 9.17) is 16.7 Å². The summed E-state index contributed by atoms with van der Waals surface area (Å²) in [5, 5.41) is 11.2. The van der Waals surface area contributed by atoms with Crippen molar-refractivity contribution in [2.24, 2.45) is 0 Å². The Bertz CT molecular complexity index is 630. The fourth-order valence-electron chi connectivity index (χ4n) is 1.35. The molecule has 0 aliphatic carbocycles. The number of aromatic nitrogens is 2. The van der Waals surface area contributed by atoms with Crippen molar-refractivity contribution in [2.75, 3.05) is 18.5 Å². The highest BCUT2D eigenvalue weighted by molar-refractivity contribution is 7.00. The summed E-state index contributed by atoms with van der Waals surface area (Å²) in [5.41, 5.74) is 1.46. The molecule has 100 valence electrons. The van der Waals surface area contributed by atoms with Crippen molar-refractivity contribution >= 4 is 51.9 Å². The van der Waals surface area contributed by atoms with Crippen LogP contribution in [-0.4, -0.2) is 38.9 Å². The van der Waals surface area contributed by atoms with E-state index >= 15 is 0 Å². The molecule has 19 heavy (non-hydrogen) atoms. The topological polar surface area (TPSA) is 101 Å². The Balaban J connectivity index is 2.08. The minimum atomic E-state index is -1.14. The lowest BCUT2D eigenvalue weighted by molar-refractivity contribution is -0.143. The number of nitrogens with zero attached hydrogens (tertiary/aromatic N) is 2. The molecule has 0 saturated heterocycles. The second-order valence-electron chi connectivity index (χ2n) is 3.49. The number of nitrogens with one attached hydrogen (secondary N) is 1. The summed E-state index contributed by atoms with van der Waals surface area (Å²) in [5.74, 6) is -1.65. The fourth-order valence-corrected chi connectivity index (χ4v) is 2.09. The molecule has 2 N–H and O–H groups in total. The van der Waals surface area contributed by atoms with Crippen molar-refractivity contribution in [1.29, 1.82) is 0 Å². The zero-order valence-electron chi connectivity index (χ0n) is 9.42. The number of fused-ring (bicyclic) bond motifs is 1. The zero-order valence-corrected chi connectivity index (χ0v) is 11.0. The first-order chi connectivity index (χ1) is 9.08. The van der Waals surface area contributed by atoms with Crippen LogP contribution in [0.2, 0.25) is 5.02 Å². The smallest absolute Gasteiger partial charge is 0.329 e. The Hall–Kier alpha value is -1.77. The first kappa shape index (κ1) is 13.7. The number of halogens is 1. The van der Waals surface area contributed by atoms with E-state index in [1.807, 2.05) is 0 Å². The van der Waals surface area contributed by atoms with Gasteiger partial charge in [0.2, 0.25) is 5.91 Å². The van der Waals surface area contributed by atoms with Gasteiger partial charge in [-0.05, 0) is 12.1 Å². The molecule has 2 aromatic rings. The number of hydrogen-bond donors (Lipinski definition) is 2. The maximum absolute atomic E-state index is 11.6. The predicted molar refractivity (Wildman–Crippen MR) is 69.5 cm³/mol. The number of carboxylic acid groups (broad SMARTS) is 1. The molecular weight excluding hydrogens is 294 g/mol. The minimum absolute atomic E-state index is 0.326. The van der Waals surface area contributed by atoms with Crippen molar-refractivity contribution in [1.82, 2.24) is 8.75 Å². The standard InChI is InChI=1S/C10H8ClN3O4S/c11-5-1-2-6-10(14-19-13-6)9(5)12-7(15)3-18-4-8(16)17/h1-2H,3-4H2,(H,12,15)(H,16,17). The number of aliphatic carboxylic acids is 1. The number of carbonyl (C=O) groups is 2. The van der Waals surface area contributed by atoms with Gasteiger partial charge >= 0.3 is 5.97 Å².